The quantitative estimate of drug-likeness (QED) is 0.788. The lowest BCUT2D eigenvalue weighted by Crippen LogP contribution is -2.42. The minimum atomic E-state index is -1.07. The van der Waals surface area contributed by atoms with Gasteiger partial charge in [-0.25, -0.2) is 4.39 Å². The Morgan fingerprint density at radius 2 is 2.07 bits per heavy atom. The molecule has 1 unspecified atom stereocenters. The second kappa shape index (κ2) is 3.31. The van der Waals surface area contributed by atoms with Crippen molar-refractivity contribution in [1.82, 2.24) is 0 Å². The van der Waals surface area contributed by atoms with Crippen LogP contribution in [0.3, 0.4) is 0 Å². The van der Waals surface area contributed by atoms with Crippen LogP contribution < -0.4 is 5.73 Å². The van der Waals surface area contributed by atoms with Crippen LogP contribution in [0.2, 0.25) is 0 Å². The zero-order valence-corrected chi connectivity index (χ0v) is 8.11. The fourth-order valence-corrected chi connectivity index (χ4v) is 1.98. The third-order valence-corrected chi connectivity index (χ3v) is 3.06. The Bertz CT molecular complexity index is 401. The maximum absolute atomic E-state index is 13.5. The van der Waals surface area contributed by atoms with Gasteiger partial charge >= 0.3 is 5.97 Å². The monoisotopic (exact) mass is 209 g/mol. The molecule has 1 atom stereocenters. The standard InChI is InChI=1S/C11H12FNO2/c12-8-4-2-1-3-7(8)11(5-6-11)9(13)10(14)15/h1-4,9H,5-6,13H2,(H,14,15). The SMILES string of the molecule is NC(C(=O)O)C1(c2ccccc2F)CC1. The van der Waals surface area contributed by atoms with Crippen molar-refractivity contribution in [2.24, 2.45) is 5.73 Å². The van der Waals surface area contributed by atoms with Crippen molar-refractivity contribution < 1.29 is 14.3 Å². The minimum Gasteiger partial charge on any atom is -0.480 e. The zero-order valence-electron chi connectivity index (χ0n) is 8.11. The molecule has 0 spiro atoms. The van der Waals surface area contributed by atoms with Gasteiger partial charge in [0, 0.05) is 5.41 Å². The van der Waals surface area contributed by atoms with E-state index < -0.39 is 17.4 Å². The molecule has 0 aromatic heterocycles. The van der Waals surface area contributed by atoms with Gasteiger partial charge in [-0.05, 0) is 24.5 Å². The van der Waals surface area contributed by atoms with Gasteiger partial charge in [0.25, 0.3) is 0 Å². The van der Waals surface area contributed by atoms with Gasteiger partial charge in [-0.1, -0.05) is 18.2 Å². The van der Waals surface area contributed by atoms with Crippen molar-refractivity contribution in [1.29, 1.82) is 0 Å². The molecule has 1 aliphatic rings. The normalized spacial score (nSPS) is 19.6. The van der Waals surface area contributed by atoms with Crippen molar-refractivity contribution in [2.45, 2.75) is 24.3 Å². The fraction of sp³-hybridized carbons (Fsp3) is 0.364. The van der Waals surface area contributed by atoms with Crippen LogP contribution >= 0.6 is 0 Å². The van der Waals surface area contributed by atoms with E-state index >= 15 is 0 Å². The Labute approximate surface area is 86.7 Å². The topological polar surface area (TPSA) is 63.3 Å². The average molecular weight is 209 g/mol. The van der Waals surface area contributed by atoms with Gasteiger partial charge in [-0.15, -0.1) is 0 Å². The predicted molar refractivity (Wildman–Crippen MR) is 52.9 cm³/mol. The van der Waals surface area contributed by atoms with Gasteiger partial charge in [0.15, 0.2) is 0 Å². The van der Waals surface area contributed by atoms with E-state index in [0.29, 0.717) is 18.4 Å². The molecule has 80 valence electrons. The molecule has 4 heteroatoms. The van der Waals surface area contributed by atoms with Crippen molar-refractivity contribution >= 4 is 5.97 Å². The number of hydrogen-bond acceptors (Lipinski definition) is 2. The van der Waals surface area contributed by atoms with Crippen LogP contribution in [0, 0.1) is 5.82 Å². The molecule has 0 radical (unpaired) electrons. The molecule has 1 saturated carbocycles. The van der Waals surface area contributed by atoms with Crippen LogP contribution in [0.5, 0.6) is 0 Å². The first-order valence-corrected chi connectivity index (χ1v) is 4.81. The molecule has 1 fully saturated rings. The molecule has 2 rings (SSSR count). The summed E-state index contributed by atoms with van der Waals surface area (Å²) in [5.41, 5.74) is 5.34. The van der Waals surface area contributed by atoms with Gasteiger partial charge in [0.2, 0.25) is 0 Å². The first-order chi connectivity index (χ1) is 7.08. The number of aliphatic carboxylic acids is 1. The Kier molecular flexibility index (Phi) is 2.23. The summed E-state index contributed by atoms with van der Waals surface area (Å²) in [6.07, 6.45) is 1.28. The molecule has 3 N–H and O–H groups in total. The molecule has 1 aliphatic carbocycles. The highest BCUT2D eigenvalue weighted by atomic mass is 19.1. The van der Waals surface area contributed by atoms with Gasteiger partial charge in [0.1, 0.15) is 11.9 Å². The second-order valence-electron chi connectivity index (χ2n) is 3.95. The third kappa shape index (κ3) is 1.51. The highest BCUT2D eigenvalue weighted by Crippen LogP contribution is 2.51. The predicted octanol–water partition coefficient (Wildman–Crippen LogP) is 1.27. The van der Waals surface area contributed by atoms with Gasteiger partial charge in [-0.3, -0.25) is 4.79 Å². The summed E-state index contributed by atoms with van der Waals surface area (Å²) in [6.45, 7) is 0. The number of hydrogen-bond donors (Lipinski definition) is 2. The summed E-state index contributed by atoms with van der Waals surface area (Å²) in [7, 11) is 0. The molecule has 0 heterocycles. The average Bonchev–Trinajstić information content (AvgIpc) is 2.98. The van der Waals surface area contributed by atoms with Crippen LogP contribution in [-0.4, -0.2) is 17.1 Å². The fourth-order valence-electron chi connectivity index (χ4n) is 1.98. The second-order valence-corrected chi connectivity index (χ2v) is 3.95. The summed E-state index contributed by atoms with van der Waals surface area (Å²) in [6, 6.07) is 5.22. The van der Waals surface area contributed by atoms with Crippen LogP contribution in [0.1, 0.15) is 18.4 Å². The lowest BCUT2D eigenvalue weighted by Gasteiger charge is -2.20. The first-order valence-electron chi connectivity index (χ1n) is 4.81. The van der Waals surface area contributed by atoms with Crippen molar-refractivity contribution in [3.63, 3.8) is 0 Å². The molecule has 0 aliphatic heterocycles. The van der Waals surface area contributed by atoms with Crippen molar-refractivity contribution in [3.05, 3.63) is 35.6 Å². The zero-order chi connectivity index (χ0) is 11.1. The van der Waals surface area contributed by atoms with Gasteiger partial charge in [-0.2, -0.15) is 0 Å². The van der Waals surface area contributed by atoms with E-state index in [-0.39, 0.29) is 5.82 Å². The highest BCUT2D eigenvalue weighted by molar-refractivity contribution is 5.77. The van der Waals surface area contributed by atoms with Crippen LogP contribution in [0.15, 0.2) is 24.3 Å². The molecule has 1 aromatic rings. The maximum Gasteiger partial charge on any atom is 0.321 e. The van der Waals surface area contributed by atoms with E-state index in [1.165, 1.54) is 6.07 Å². The van der Waals surface area contributed by atoms with E-state index in [0.717, 1.165) is 0 Å². The Hall–Kier alpha value is -1.42. The number of rotatable bonds is 3. The van der Waals surface area contributed by atoms with Crippen LogP contribution in [0.25, 0.3) is 0 Å². The number of carboxylic acid groups (broad SMARTS) is 1. The van der Waals surface area contributed by atoms with E-state index in [2.05, 4.69) is 0 Å². The molecule has 1 aromatic carbocycles. The summed E-state index contributed by atoms with van der Waals surface area (Å²) in [5.74, 6) is -1.44. The summed E-state index contributed by atoms with van der Waals surface area (Å²) < 4.78 is 13.5. The van der Waals surface area contributed by atoms with E-state index in [1.54, 1.807) is 18.2 Å². The number of benzene rings is 1. The smallest absolute Gasteiger partial charge is 0.321 e. The molecular formula is C11H12FNO2. The molecule has 3 nitrogen and oxygen atoms in total. The van der Waals surface area contributed by atoms with Crippen molar-refractivity contribution in [3.8, 4) is 0 Å². The molecule has 0 amide bonds. The number of nitrogens with two attached hydrogens (primary N) is 1. The minimum absolute atomic E-state index is 0.369. The number of carbonyl (C=O) groups is 1. The van der Waals surface area contributed by atoms with E-state index in [9.17, 15) is 9.18 Å². The number of halogens is 1. The lowest BCUT2D eigenvalue weighted by molar-refractivity contribution is -0.139. The molecule has 0 bridgehead atoms. The Morgan fingerprint density at radius 3 is 2.53 bits per heavy atom. The Balaban J connectivity index is 2.39. The van der Waals surface area contributed by atoms with Gasteiger partial charge < -0.3 is 10.8 Å². The maximum atomic E-state index is 13.5. The summed E-state index contributed by atoms with van der Waals surface area (Å²) in [4.78, 5) is 10.8. The summed E-state index contributed by atoms with van der Waals surface area (Å²) >= 11 is 0. The summed E-state index contributed by atoms with van der Waals surface area (Å²) in [5, 5.41) is 8.86. The molecule has 15 heavy (non-hydrogen) atoms. The van der Waals surface area contributed by atoms with E-state index in [4.69, 9.17) is 10.8 Å². The van der Waals surface area contributed by atoms with Crippen molar-refractivity contribution in [2.75, 3.05) is 0 Å². The lowest BCUT2D eigenvalue weighted by atomic mass is 9.88. The van der Waals surface area contributed by atoms with E-state index in [1.807, 2.05) is 0 Å². The number of carboxylic acids is 1. The van der Waals surface area contributed by atoms with Crippen LogP contribution in [-0.2, 0) is 10.2 Å². The molecular weight excluding hydrogens is 197 g/mol. The molecule has 0 saturated heterocycles. The third-order valence-electron chi connectivity index (χ3n) is 3.06. The highest BCUT2D eigenvalue weighted by Gasteiger charge is 2.53. The Morgan fingerprint density at radius 1 is 1.47 bits per heavy atom. The largest absolute Gasteiger partial charge is 0.480 e. The van der Waals surface area contributed by atoms with Gasteiger partial charge in [0.05, 0.1) is 0 Å². The van der Waals surface area contributed by atoms with Crippen LogP contribution in [0.4, 0.5) is 4.39 Å². The first kappa shape index (κ1) is 10.1.